The molecule has 3 fully saturated rings. The van der Waals surface area contributed by atoms with Gasteiger partial charge in [0.2, 0.25) is 0 Å². The minimum absolute atomic E-state index is 0.166. The van der Waals surface area contributed by atoms with Crippen LogP contribution >= 0.6 is 11.8 Å². The molecule has 1 spiro atoms. The highest BCUT2D eigenvalue weighted by Gasteiger charge is 2.40. The molecule has 1 aliphatic carbocycles. The molecule has 4 heteroatoms. The molecule has 2 aliphatic heterocycles. The Morgan fingerprint density at radius 2 is 2.12 bits per heavy atom. The fraction of sp³-hybridized carbons (Fsp3) is 1.00. The number of hydrogen-bond acceptors (Lipinski definition) is 4. The lowest BCUT2D eigenvalue weighted by Crippen LogP contribution is -2.47. The van der Waals surface area contributed by atoms with E-state index >= 15 is 0 Å². The first-order valence-corrected chi connectivity index (χ1v) is 8.15. The van der Waals surface area contributed by atoms with Gasteiger partial charge in [-0.1, -0.05) is 12.8 Å². The van der Waals surface area contributed by atoms with Gasteiger partial charge in [0.25, 0.3) is 0 Å². The van der Waals surface area contributed by atoms with Crippen LogP contribution in [0.3, 0.4) is 0 Å². The van der Waals surface area contributed by atoms with Gasteiger partial charge in [-0.05, 0) is 37.9 Å². The van der Waals surface area contributed by atoms with E-state index in [1.807, 2.05) is 11.8 Å². The van der Waals surface area contributed by atoms with E-state index in [-0.39, 0.29) is 5.60 Å². The van der Waals surface area contributed by atoms with E-state index in [2.05, 4.69) is 5.48 Å². The molecule has 2 atom stereocenters. The lowest BCUT2D eigenvalue weighted by atomic mass is 9.90. The first-order chi connectivity index (χ1) is 8.36. The van der Waals surface area contributed by atoms with E-state index in [0.717, 1.165) is 19.4 Å². The van der Waals surface area contributed by atoms with E-state index in [9.17, 15) is 0 Å². The SMILES string of the molecule is C1CCC(ONC2CCOC3(CCSC3)C2)C1. The van der Waals surface area contributed by atoms with Crippen molar-refractivity contribution < 1.29 is 9.57 Å². The fourth-order valence-electron chi connectivity index (χ4n) is 3.19. The Bertz CT molecular complexity index is 250. The molecular formula is C13H23NO2S. The summed E-state index contributed by atoms with van der Waals surface area (Å²) in [4.78, 5) is 5.83. The smallest absolute Gasteiger partial charge is 0.0796 e. The Kier molecular flexibility index (Phi) is 3.95. The molecule has 0 bridgehead atoms. The molecule has 2 saturated heterocycles. The Hall–Kier alpha value is 0.230. The zero-order valence-electron chi connectivity index (χ0n) is 10.5. The van der Waals surface area contributed by atoms with Crippen molar-refractivity contribution in [3.63, 3.8) is 0 Å². The molecule has 3 rings (SSSR count). The van der Waals surface area contributed by atoms with Crippen LogP contribution in [0.1, 0.15) is 44.9 Å². The highest BCUT2D eigenvalue weighted by molar-refractivity contribution is 7.99. The number of nitrogens with one attached hydrogen (secondary N) is 1. The predicted molar refractivity (Wildman–Crippen MR) is 70.1 cm³/mol. The molecule has 2 unspecified atom stereocenters. The minimum Gasteiger partial charge on any atom is -0.374 e. The van der Waals surface area contributed by atoms with Gasteiger partial charge < -0.3 is 4.74 Å². The van der Waals surface area contributed by atoms with E-state index in [1.54, 1.807) is 0 Å². The molecule has 3 aliphatic rings. The molecule has 1 N–H and O–H groups in total. The molecule has 2 heterocycles. The van der Waals surface area contributed by atoms with Crippen LogP contribution in [0.5, 0.6) is 0 Å². The third-order valence-electron chi connectivity index (χ3n) is 4.26. The molecule has 0 radical (unpaired) electrons. The number of ether oxygens (including phenoxy) is 1. The molecule has 0 aromatic carbocycles. The first-order valence-electron chi connectivity index (χ1n) is 6.99. The summed E-state index contributed by atoms with van der Waals surface area (Å²) < 4.78 is 6.01. The van der Waals surface area contributed by atoms with Crippen molar-refractivity contribution in [2.45, 2.75) is 62.7 Å². The van der Waals surface area contributed by atoms with Gasteiger partial charge in [0, 0.05) is 18.4 Å². The maximum absolute atomic E-state index is 6.01. The summed E-state index contributed by atoms with van der Waals surface area (Å²) in [7, 11) is 0. The van der Waals surface area contributed by atoms with Crippen molar-refractivity contribution in [3.05, 3.63) is 0 Å². The quantitative estimate of drug-likeness (QED) is 0.787. The number of thioether (sulfide) groups is 1. The van der Waals surface area contributed by atoms with Crippen LogP contribution in [0.4, 0.5) is 0 Å². The average molecular weight is 257 g/mol. The third-order valence-corrected chi connectivity index (χ3v) is 5.49. The Labute approximate surface area is 108 Å². The van der Waals surface area contributed by atoms with Gasteiger partial charge in [0.05, 0.1) is 11.7 Å². The summed E-state index contributed by atoms with van der Waals surface area (Å²) in [6, 6.07) is 0.503. The lowest BCUT2D eigenvalue weighted by Gasteiger charge is -2.38. The van der Waals surface area contributed by atoms with Crippen LogP contribution in [0.25, 0.3) is 0 Å². The van der Waals surface area contributed by atoms with E-state index in [1.165, 1.54) is 43.6 Å². The van der Waals surface area contributed by atoms with Crippen LogP contribution in [0.15, 0.2) is 0 Å². The van der Waals surface area contributed by atoms with E-state index in [0.29, 0.717) is 12.1 Å². The van der Waals surface area contributed by atoms with Crippen LogP contribution in [-0.4, -0.2) is 35.9 Å². The highest BCUT2D eigenvalue weighted by Crippen LogP contribution is 2.38. The molecule has 98 valence electrons. The van der Waals surface area contributed by atoms with E-state index < -0.39 is 0 Å². The Balaban J connectivity index is 1.46. The molecule has 3 nitrogen and oxygen atoms in total. The summed E-state index contributed by atoms with van der Waals surface area (Å²) in [6.45, 7) is 0.895. The maximum Gasteiger partial charge on any atom is 0.0796 e. The Morgan fingerprint density at radius 3 is 2.88 bits per heavy atom. The van der Waals surface area contributed by atoms with Gasteiger partial charge in [-0.15, -0.1) is 0 Å². The molecule has 0 aromatic rings. The van der Waals surface area contributed by atoms with Gasteiger partial charge in [0.1, 0.15) is 0 Å². The normalized spacial score (nSPS) is 39.2. The van der Waals surface area contributed by atoms with Crippen molar-refractivity contribution in [2.24, 2.45) is 0 Å². The Morgan fingerprint density at radius 1 is 1.24 bits per heavy atom. The highest BCUT2D eigenvalue weighted by atomic mass is 32.2. The summed E-state index contributed by atoms with van der Waals surface area (Å²) in [5.74, 6) is 2.44. The molecule has 0 aromatic heterocycles. The maximum atomic E-state index is 6.01. The lowest BCUT2D eigenvalue weighted by molar-refractivity contribution is -0.112. The van der Waals surface area contributed by atoms with Gasteiger partial charge in [-0.2, -0.15) is 17.2 Å². The second-order valence-corrected chi connectivity index (χ2v) is 6.77. The second kappa shape index (κ2) is 5.47. The molecular weight excluding hydrogens is 234 g/mol. The van der Waals surface area contributed by atoms with E-state index in [4.69, 9.17) is 9.57 Å². The predicted octanol–water partition coefficient (Wildman–Crippen LogP) is 2.50. The van der Waals surface area contributed by atoms with Gasteiger partial charge in [0.15, 0.2) is 0 Å². The summed E-state index contributed by atoms with van der Waals surface area (Å²) >= 11 is 2.03. The molecule has 1 saturated carbocycles. The van der Waals surface area contributed by atoms with Crippen molar-refractivity contribution in [1.29, 1.82) is 0 Å². The second-order valence-electron chi connectivity index (χ2n) is 5.67. The third kappa shape index (κ3) is 2.98. The van der Waals surface area contributed by atoms with Crippen molar-refractivity contribution >= 4 is 11.8 Å². The largest absolute Gasteiger partial charge is 0.374 e. The molecule has 0 amide bonds. The topological polar surface area (TPSA) is 30.5 Å². The van der Waals surface area contributed by atoms with Gasteiger partial charge >= 0.3 is 0 Å². The van der Waals surface area contributed by atoms with Gasteiger partial charge in [-0.3, -0.25) is 4.84 Å². The summed E-state index contributed by atoms with van der Waals surface area (Å²) in [6.07, 6.45) is 9.05. The van der Waals surface area contributed by atoms with Crippen molar-refractivity contribution in [2.75, 3.05) is 18.1 Å². The van der Waals surface area contributed by atoms with Crippen LogP contribution in [-0.2, 0) is 9.57 Å². The standard InChI is InChI=1S/C13H23NO2S/c1-2-4-12(3-1)16-14-11-5-7-15-13(9-11)6-8-17-10-13/h11-12,14H,1-10H2. The first kappa shape index (κ1) is 12.3. The zero-order chi connectivity index (χ0) is 11.6. The van der Waals surface area contributed by atoms with Crippen LogP contribution in [0, 0.1) is 0 Å². The molecule has 17 heavy (non-hydrogen) atoms. The van der Waals surface area contributed by atoms with Crippen molar-refractivity contribution in [3.8, 4) is 0 Å². The number of hydroxylamine groups is 1. The average Bonchev–Trinajstić information content (AvgIpc) is 2.99. The van der Waals surface area contributed by atoms with Crippen molar-refractivity contribution in [1.82, 2.24) is 5.48 Å². The fourth-order valence-corrected chi connectivity index (χ4v) is 4.57. The van der Waals surface area contributed by atoms with Crippen LogP contribution in [0.2, 0.25) is 0 Å². The number of rotatable bonds is 3. The minimum atomic E-state index is 0.166. The summed E-state index contributed by atoms with van der Waals surface area (Å²) in [5, 5.41) is 0. The van der Waals surface area contributed by atoms with Crippen LogP contribution < -0.4 is 5.48 Å². The summed E-state index contributed by atoms with van der Waals surface area (Å²) in [5.41, 5.74) is 3.49. The zero-order valence-corrected chi connectivity index (χ0v) is 11.3. The monoisotopic (exact) mass is 257 g/mol. The van der Waals surface area contributed by atoms with Gasteiger partial charge in [-0.25, -0.2) is 0 Å². The number of hydrogen-bond donors (Lipinski definition) is 1.